The van der Waals surface area contributed by atoms with Crippen LogP contribution < -0.4 is 0 Å². The van der Waals surface area contributed by atoms with Gasteiger partial charge in [0.25, 0.3) is 10.1 Å². The zero-order chi connectivity index (χ0) is 4.50. The third-order valence-corrected chi connectivity index (χ3v) is 0. The second-order valence-corrected chi connectivity index (χ2v) is 2.20. The minimum atomic E-state index is -3.67. The van der Waals surface area contributed by atoms with Crippen LogP contribution in [0.25, 0.3) is 0 Å². The third kappa shape index (κ3) is 4090. The van der Waals surface area contributed by atoms with Gasteiger partial charge in [-0.25, -0.2) is 0 Å². The first kappa shape index (κ1) is 9.32. The molecule has 37 valence electrons. The molecule has 0 heterocycles. The molecule has 4 heteroatoms. The van der Waals surface area contributed by atoms with Gasteiger partial charge >= 0.3 is 0 Å². The van der Waals surface area contributed by atoms with Crippen molar-refractivity contribution in [2.45, 2.75) is 0 Å². The van der Waals surface area contributed by atoms with Gasteiger partial charge in [0.1, 0.15) is 0 Å². The lowest BCUT2D eigenvalue weighted by Gasteiger charge is -1.69. The van der Waals surface area contributed by atoms with Gasteiger partial charge < -0.3 is 0 Å². The SMILES string of the molecule is CS(=O)(=O)O.[CH]. The van der Waals surface area contributed by atoms with E-state index in [1.807, 2.05) is 0 Å². The average Bonchev–Trinajstić information content (AvgIpc) is 0.722. The van der Waals surface area contributed by atoms with Crippen LogP contribution in [0.3, 0.4) is 0 Å². The quantitative estimate of drug-likeness (QED) is 0.435. The molecule has 0 fully saturated rings. The fourth-order valence-electron chi connectivity index (χ4n) is 0. The van der Waals surface area contributed by atoms with Crippen molar-refractivity contribution in [1.29, 1.82) is 0 Å². The van der Waals surface area contributed by atoms with Crippen LogP contribution in [-0.4, -0.2) is 19.2 Å². The van der Waals surface area contributed by atoms with E-state index < -0.39 is 10.1 Å². The van der Waals surface area contributed by atoms with E-state index in [0.717, 1.165) is 0 Å². The van der Waals surface area contributed by atoms with E-state index in [-0.39, 0.29) is 7.43 Å². The Morgan fingerprint density at radius 2 is 1.50 bits per heavy atom. The Hall–Kier alpha value is -0.0900. The van der Waals surface area contributed by atoms with Gasteiger partial charge in [-0.1, -0.05) is 0 Å². The van der Waals surface area contributed by atoms with Crippen molar-refractivity contribution in [2.24, 2.45) is 0 Å². The van der Waals surface area contributed by atoms with Crippen molar-refractivity contribution >= 4 is 10.1 Å². The summed E-state index contributed by atoms with van der Waals surface area (Å²) < 4.78 is 25.9. The summed E-state index contributed by atoms with van der Waals surface area (Å²) in [5.41, 5.74) is 0. The molecule has 0 amide bonds. The van der Waals surface area contributed by atoms with E-state index in [1.54, 1.807) is 0 Å². The highest BCUT2D eigenvalue weighted by atomic mass is 32.2. The molecule has 3 nitrogen and oxygen atoms in total. The summed E-state index contributed by atoms with van der Waals surface area (Å²) in [7, 11) is -3.67. The van der Waals surface area contributed by atoms with E-state index in [9.17, 15) is 8.42 Å². The van der Waals surface area contributed by atoms with Crippen LogP contribution in [0.2, 0.25) is 0 Å². The monoisotopic (exact) mass is 109 g/mol. The summed E-state index contributed by atoms with van der Waals surface area (Å²) in [6.45, 7) is 0. The van der Waals surface area contributed by atoms with Crippen LogP contribution in [0.5, 0.6) is 0 Å². The zero-order valence-corrected chi connectivity index (χ0v) is 4.07. The second kappa shape index (κ2) is 2.15. The number of hydrogen-bond acceptors (Lipinski definition) is 2. The molecule has 0 aliphatic heterocycles. The third-order valence-electron chi connectivity index (χ3n) is 0. The van der Waals surface area contributed by atoms with Gasteiger partial charge in [0.15, 0.2) is 0 Å². The highest BCUT2D eigenvalue weighted by Gasteiger charge is 1.81. The molecule has 0 rings (SSSR count). The molecule has 0 aromatic rings. The molecular formula is C2H5O3S. The van der Waals surface area contributed by atoms with Crippen LogP contribution >= 0.6 is 0 Å². The summed E-state index contributed by atoms with van der Waals surface area (Å²) in [5, 5.41) is 0. The number of rotatable bonds is 0. The maximum Gasteiger partial charge on any atom is 0.261 e. The van der Waals surface area contributed by atoms with Crippen LogP contribution in [0.15, 0.2) is 0 Å². The van der Waals surface area contributed by atoms with Crippen molar-refractivity contribution in [3.63, 3.8) is 0 Å². The predicted molar refractivity (Wildman–Crippen MR) is 21.8 cm³/mol. The zero-order valence-electron chi connectivity index (χ0n) is 3.25. The smallest absolute Gasteiger partial charge is 0.261 e. The minimum Gasteiger partial charge on any atom is -0.286 e. The van der Waals surface area contributed by atoms with E-state index in [4.69, 9.17) is 4.55 Å². The molecule has 0 aromatic carbocycles. The van der Waals surface area contributed by atoms with Crippen LogP contribution in [0.4, 0.5) is 0 Å². The molecule has 0 aliphatic rings. The Bertz CT molecular complexity index is 92.0. The molecule has 0 aromatic heterocycles. The molecule has 1 N–H and O–H groups in total. The van der Waals surface area contributed by atoms with E-state index in [1.165, 1.54) is 0 Å². The van der Waals surface area contributed by atoms with E-state index >= 15 is 0 Å². The molecule has 0 saturated carbocycles. The average molecular weight is 109 g/mol. The van der Waals surface area contributed by atoms with Crippen molar-refractivity contribution in [3.8, 4) is 0 Å². The van der Waals surface area contributed by atoms with Gasteiger partial charge in [-0.15, -0.1) is 0 Å². The fourth-order valence-corrected chi connectivity index (χ4v) is 0. The van der Waals surface area contributed by atoms with Crippen LogP contribution in [0, 0.1) is 7.43 Å². The molecule has 0 spiro atoms. The number of hydrogen-bond donors (Lipinski definition) is 1. The summed E-state index contributed by atoms with van der Waals surface area (Å²) in [6.07, 6.45) is 0.715. The minimum absolute atomic E-state index is 0. The van der Waals surface area contributed by atoms with Gasteiger partial charge in [-0.2, -0.15) is 8.42 Å². The topological polar surface area (TPSA) is 54.4 Å². The van der Waals surface area contributed by atoms with Crippen LogP contribution in [-0.2, 0) is 10.1 Å². The Kier molecular flexibility index (Phi) is 3.34. The van der Waals surface area contributed by atoms with Crippen molar-refractivity contribution < 1.29 is 13.0 Å². The lowest BCUT2D eigenvalue weighted by atomic mass is 12.0. The van der Waals surface area contributed by atoms with E-state index in [2.05, 4.69) is 0 Å². The lowest BCUT2D eigenvalue weighted by molar-refractivity contribution is 0.490. The summed E-state index contributed by atoms with van der Waals surface area (Å²) in [6, 6.07) is 0. The van der Waals surface area contributed by atoms with Gasteiger partial charge in [0, 0.05) is 0 Å². The molecule has 0 unspecified atom stereocenters. The molecule has 3 radical (unpaired) electrons. The van der Waals surface area contributed by atoms with Crippen molar-refractivity contribution in [2.75, 3.05) is 6.26 Å². The Labute approximate surface area is 37.7 Å². The summed E-state index contributed by atoms with van der Waals surface area (Å²) in [5.74, 6) is 0. The predicted octanol–water partition coefficient (Wildman–Crippen LogP) is -0.292. The normalized spacial score (nSPS) is 9.67. The van der Waals surface area contributed by atoms with Gasteiger partial charge in [-0.3, -0.25) is 4.55 Å². The standard InChI is InChI=1S/CH4O3S.CH/c1-5(2,3)4;/h1H3,(H,2,3,4);1H. The first-order valence-corrected chi connectivity index (χ1v) is 2.77. The molecule has 0 aliphatic carbocycles. The highest BCUT2D eigenvalue weighted by molar-refractivity contribution is 7.85. The Balaban J connectivity index is 0. The molecule has 6 heavy (non-hydrogen) atoms. The van der Waals surface area contributed by atoms with Gasteiger partial charge in [0.2, 0.25) is 0 Å². The molecule has 0 saturated heterocycles. The fraction of sp³-hybridized carbons (Fsp3) is 0.500. The highest BCUT2D eigenvalue weighted by Crippen LogP contribution is 1.60. The maximum atomic E-state index is 9.19. The van der Waals surface area contributed by atoms with Crippen molar-refractivity contribution in [3.05, 3.63) is 7.43 Å². The molecule has 0 bridgehead atoms. The molecular weight excluding hydrogens is 104 g/mol. The second-order valence-electron chi connectivity index (χ2n) is 0.733. The Morgan fingerprint density at radius 3 is 1.50 bits per heavy atom. The Morgan fingerprint density at radius 1 is 1.50 bits per heavy atom. The summed E-state index contributed by atoms with van der Waals surface area (Å²) >= 11 is 0. The van der Waals surface area contributed by atoms with Crippen LogP contribution in [0.1, 0.15) is 0 Å². The van der Waals surface area contributed by atoms with Gasteiger partial charge in [0.05, 0.1) is 6.26 Å². The van der Waals surface area contributed by atoms with E-state index in [0.29, 0.717) is 6.26 Å². The first-order valence-electron chi connectivity index (χ1n) is 0.924. The largest absolute Gasteiger partial charge is 0.286 e. The lowest BCUT2D eigenvalue weighted by Crippen LogP contribution is -1.88. The van der Waals surface area contributed by atoms with Gasteiger partial charge in [-0.05, 0) is 7.43 Å². The first-order chi connectivity index (χ1) is 2.00. The molecule has 0 atom stereocenters. The maximum absolute atomic E-state index is 9.19. The summed E-state index contributed by atoms with van der Waals surface area (Å²) in [4.78, 5) is 0. The van der Waals surface area contributed by atoms with Crippen molar-refractivity contribution in [1.82, 2.24) is 0 Å².